The second-order valence-electron chi connectivity index (χ2n) is 5.14. The molecular weight excluding hydrogens is 288 g/mol. The van der Waals surface area contributed by atoms with E-state index in [9.17, 15) is 10.1 Å². The molecule has 1 aliphatic rings. The predicted molar refractivity (Wildman–Crippen MR) is 83.2 cm³/mol. The van der Waals surface area contributed by atoms with Crippen molar-refractivity contribution in [1.82, 2.24) is 5.32 Å². The molecule has 1 aromatic carbocycles. The Hall–Kier alpha value is -1.77. The van der Waals surface area contributed by atoms with Crippen molar-refractivity contribution in [1.29, 1.82) is 5.26 Å². The van der Waals surface area contributed by atoms with Crippen molar-refractivity contribution in [2.45, 2.75) is 12.8 Å². The van der Waals surface area contributed by atoms with E-state index in [0.29, 0.717) is 30.2 Å². The summed E-state index contributed by atoms with van der Waals surface area (Å²) >= 11 is 6.03. The van der Waals surface area contributed by atoms with Crippen LogP contribution in [0.3, 0.4) is 0 Å². The number of hydrogen-bond acceptors (Lipinski definition) is 4. The molecule has 0 spiro atoms. The number of carbonyl (C=O) groups excluding carboxylic acids is 1. The highest BCUT2D eigenvalue weighted by atomic mass is 35.5. The molecule has 1 saturated heterocycles. The summed E-state index contributed by atoms with van der Waals surface area (Å²) in [5, 5.41) is 12.6. The summed E-state index contributed by atoms with van der Waals surface area (Å²) in [6, 6.07) is 7.40. The van der Waals surface area contributed by atoms with Gasteiger partial charge in [0.15, 0.2) is 0 Å². The van der Waals surface area contributed by atoms with E-state index in [2.05, 4.69) is 16.3 Å². The molecular formula is C15H19ClN4O. The third kappa shape index (κ3) is 3.87. The topological polar surface area (TPSA) is 82.2 Å². The normalized spacial score (nSPS) is 18.1. The van der Waals surface area contributed by atoms with Gasteiger partial charge in [-0.1, -0.05) is 11.6 Å². The van der Waals surface area contributed by atoms with Gasteiger partial charge in [0.2, 0.25) is 5.91 Å². The number of nitrogens with one attached hydrogen (secondary N) is 1. The highest BCUT2D eigenvalue weighted by molar-refractivity contribution is 6.30. The molecule has 1 aliphatic heterocycles. The number of benzene rings is 1. The van der Waals surface area contributed by atoms with Crippen molar-refractivity contribution >= 4 is 23.2 Å². The van der Waals surface area contributed by atoms with Crippen LogP contribution < -0.4 is 16.0 Å². The van der Waals surface area contributed by atoms with Crippen LogP contribution >= 0.6 is 11.6 Å². The smallest absolute Gasteiger partial charge is 0.224 e. The van der Waals surface area contributed by atoms with E-state index in [1.54, 1.807) is 18.2 Å². The first-order valence-electron chi connectivity index (χ1n) is 7.08. The van der Waals surface area contributed by atoms with Crippen molar-refractivity contribution in [2.24, 2.45) is 11.7 Å². The molecule has 0 radical (unpaired) electrons. The van der Waals surface area contributed by atoms with Crippen molar-refractivity contribution in [3.05, 3.63) is 28.8 Å². The molecule has 112 valence electrons. The highest BCUT2D eigenvalue weighted by Crippen LogP contribution is 2.28. The summed E-state index contributed by atoms with van der Waals surface area (Å²) in [6.45, 7) is 2.37. The molecule has 2 rings (SSSR count). The van der Waals surface area contributed by atoms with Crippen LogP contribution in [0.25, 0.3) is 0 Å². The summed E-state index contributed by atoms with van der Waals surface area (Å²) < 4.78 is 0. The minimum atomic E-state index is -0.0733. The largest absolute Gasteiger partial charge is 0.370 e. The average molecular weight is 307 g/mol. The third-order valence-electron chi connectivity index (χ3n) is 3.66. The Bertz CT molecular complexity index is 555. The molecule has 0 aliphatic carbocycles. The number of hydrogen-bond donors (Lipinski definition) is 2. The van der Waals surface area contributed by atoms with Crippen LogP contribution in [0.5, 0.6) is 0 Å². The van der Waals surface area contributed by atoms with Gasteiger partial charge in [-0.3, -0.25) is 4.79 Å². The zero-order valence-electron chi connectivity index (χ0n) is 11.8. The van der Waals surface area contributed by atoms with Gasteiger partial charge < -0.3 is 16.0 Å². The maximum absolute atomic E-state index is 12.1. The Morgan fingerprint density at radius 2 is 2.38 bits per heavy atom. The number of rotatable bonds is 4. The lowest BCUT2D eigenvalue weighted by Crippen LogP contribution is -2.44. The van der Waals surface area contributed by atoms with Gasteiger partial charge in [-0.15, -0.1) is 0 Å². The fraction of sp³-hybridized carbons (Fsp3) is 0.467. The zero-order valence-corrected chi connectivity index (χ0v) is 12.6. The third-order valence-corrected chi connectivity index (χ3v) is 3.89. The fourth-order valence-electron chi connectivity index (χ4n) is 2.61. The first-order valence-corrected chi connectivity index (χ1v) is 7.46. The molecule has 0 bridgehead atoms. The SMILES string of the molecule is N#Cc1ccc(Cl)cc1N1CCCC(C(=O)NCCN)C1. The Morgan fingerprint density at radius 3 is 3.10 bits per heavy atom. The molecule has 1 fully saturated rings. The summed E-state index contributed by atoms with van der Waals surface area (Å²) in [5.74, 6) is -0.0403. The highest BCUT2D eigenvalue weighted by Gasteiger charge is 2.26. The van der Waals surface area contributed by atoms with Gasteiger partial charge in [-0.05, 0) is 31.0 Å². The standard InChI is InChI=1S/C15H19ClN4O/c16-13-4-3-11(9-18)14(8-13)20-7-1-2-12(10-20)15(21)19-6-5-17/h3-4,8,12H,1-2,5-7,10,17H2,(H,19,21). The second-order valence-corrected chi connectivity index (χ2v) is 5.57. The molecule has 0 aromatic heterocycles. The molecule has 21 heavy (non-hydrogen) atoms. The van der Waals surface area contributed by atoms with Crippen LogP contribution in [0.2, 0.25) is 5.02 Å². The Morgan fingerprint density at radius 1 is 1.57 bits per heavy atom. The van der Waals surface area contributed by atoms with Crippen molar-refractivity contribution in [3.63, 3.8) is 0 Å². The summed E-state index contributed by atoms with van der Waals surface area (Å²) in [6.07, 6.45) is 1.77. The predicted octanol–water partition coefficient (Wildman–Crippen LogP) is 1.50. The quantitative estimate of drug-likeness (QED) is 0.883. The first-order chi connectivity index (χ1) is 10.2. The van der Waals surface area contributed by atoms with Gasteiger partial charge in [-0.2, -0.15) is 5.26 Å². The Kier molecular flexibility index (Phi) is 5.43. The Balaban J connectivity index is 2.13. The van der Waals surface area contributed by atoms with Crippen LogP contribution in [-0.2, 0) is 4.79 Å². The lowest BCUT2D eigenvalue weighted by Gasteiger charge is -2.34. The van der Waals surface area contributed by atoms with Gasteiger partial charge >= 0.3 is 0 Å². The van der Waals surface area contributed by atoms with E-state index >= 15 is 0 Å². The second kappa shape index (κ2) is 7.30. The summed E-state index contributed by atoms with van der Waals surface area (Å²) in [5.41, 5.74) is 6.80. The molecule has 1 unspecified atom stereocenters. The van der Waals surface area contributed by atoms with E-state index < -0.39 is 0 Å². The minimum absolute atomic E-state index is 0.0330. The van der Waals surface area contributed by atoms with Crippen molar-refractivity contribution in [2.75, 3.05) is 31.1 Å². The number of halogens is 1. The maximum atomic E-state index is 12.1. The van der Waals surface area contributed by atoms with E-state index in [-0.39, 0.29) is 11.8 Å². The monoisotopic (exact) mass is 306 g/mol. The van der Waals surface area contributed by atoms with Gasteiger partial charge in [0.05, 0.1) is 17.2 Å². The molecule has 1 amide bonds. The maximum Gasteiger partial charge on any atom is 0.224 e. The summed E-state index contributed by atoms with van der Waals surface area (Å²) in [7, 11) is 0. The lowest BCUT2D eigenvalue weighted by molar-refractivity contribution is -0.125. The van der Waals surface area contributed by atoms with Crippen LogP contribution in [-0.4, -0.2) is 32.1 Å². The lowest BCUT2D eigenvalue weighted by atomic mass is 9.96. The van der Waals surface area contributed by atoms with Crippen LogP contribution in [0.4, 0.5) is 5.69 Å². The first kappa shape index (κ1) is 15.6. The number of nitrogens with zero attached hydrogens (tertiary/aromatic N) is 2. The Labute approximate surface area is 129 Å². The molecule has 0 saturated carbocycles. The number of nitrogens with two attached hydrogens (primary N) is 1. The van der Waals surface area contributed by atoms with E-state index in [0.717, 1.165) is 25.1 Å². The minimum Gasteiger partial charge on any atom is -0.370 e. The average Bonchev–Trinajstić information content (AvgIpc) is 2.52. The number of amides is 1. The van der Waals surface area contributed by atoms with Crippen LogP contribution in [0, 0.1) is 17.2 Å². The van der Waals surface area contributed by atoms with Crippen LogP contribution in [0.15, 0.2) is 18.2 Å². The number of piperidine rings is 1. The van der Waals surface area contributed by atoms with Gasteiger partial charge in [0.1, 0.15) is 6.07 Å². The summed E-state index contributed by atoms with van der Waals surface area (Å²) in [4.78, 5) is 14.1. The molecule has 3 N–H and O–H groups in total. The number of anilines is 1. The van der Waals surface area contributed by atoms with Gasteiger partial charge in [-0.25, -0.2) is 0 Å². The van der Waals surface area contributed by atoms with Crippen molar-refractivity contribution < 1.29 is 4.79 Å². The molecule has 1 heterocycles. The van der Waals surface area contributed by atoms with E-state index in [1.165, 1.54) is 0 Å². The van der Waals surface area contributed by atoms with Crippen LogP contribution in [0.1, 0.15) is 18.4 Å². The van der Waals surface area contributed by atoms with Gasteiger partial charge in [0.25, 0.3) is 0 Å². The number of nitriles is 1. The number of carbonyl (C=O) groups is 1. The fourth-order valence-corrected chi connectivity index (χ4v) is 2.78. The van der Waals surface area contributed by atoms with Crippen molar-refractivity contribution in [3.8, 4) is 6.07 Å². The molecule has 5 nitrogen and oxygen atoms in total. The molecule has 1 atom stereocenters. The molecule has 1 aromatic rings. The van der Waals surface area contributed by atoms with E-state index in [1.807, 2.05) is 0 Å². The van der Waals surface area contributed by atoms with Gasteiger partial charge in [0, 0.05) is 31.2 Å². The molecule has 6 heteroatoms. The zero-order chi connectivity index (χ0) is 15.2. The van der Waals surface area contributed by atoms with E-state index in [4.69, 9.17) is 17.3 Å².